The van der Waals surface area contributed by atoms with Crippen LogP contribution in [0.4, 0.5) is 10.7 Å². The molecule has 0 fully saturated rings. The van der Waals surface area contributed by atoms with Crippen LogP contribution >= 0.6 is 11.6 Å². The Morgan fingerprint density at radius 1 is 1.48 bits per heavy atom. The van der Waals surface area contributed by atoms with Crippen LogP contribution in [0.1, 0.15) is 26.3 Å². The van der Waals surface area contributed by atoms with Crippen LogP contribution in [-0.4, -0.2) is 40.2 Å². The van der Waals surface area contributed by atoms with Crippen LogP contribution in [-0.2, 0) is 17.8 Å². The Balaban J connectivity index is 2.07. The number of aromatic nitrogens is 2. The fourth-order valence-electron chi connectivity index (χ4n) is 3.15. The van der Waals surface area contributed by atoms with E-state index in [9.17, 15) is 4.79 Å². The highest BCUT2D eigenvalue weighted by atomic mass is 35.5. The zero-order valence-electron chi connectivity index (χ0n) is 15.0. The number of methoxy groups -OCH3 is 1. The third-order valence-corrected chi connectivity index (χ3v) is 4.68. The molecule has 1 aromatic heterocycles. The summed E-state index contributed by atoms with van der Waals surface area (Å²) in [6.07, 6.45) is 1.70. The van der Waals surface area contributed by atoms with Crippen molar-refractivity contribution < 1.29 is 9.53 Å². The van der Waals surface area contributed by atoms with E-state index in [-0.39, 0.29) is 6.04 Å². The monoisotopic (exact) mass is 362 g/mol. The molecule has 134 valence electrons. The molecular weight excluding hydrogens is 340 g/mol. The van der Waals surface area contributed by atoms with Crippen molar-refractivity contribution in [1.29, 1.82) is 0 Å². The summed E-state index contributed by atoms with van der Waals surface area (Å²) in [6.45, 7) is 8.76. The average Bonchev–Trinajstić information content (AvgIpc) is 2.79. The van der Waals surface area contributed by atoms with Crippen molar-refractivity contribution in [2.45, 2.75) is 39.9 Å². The quantitative estimate of drug-likeness (QED) is 0.837. The van der Waals surface area contributed by atoms with Crippen molar-refractivity contribution in [3.8, 4) is 0 Å². The Kier molecular flexibility index (Phi) is 5.01. The Hall–Kier alpha value is -2.05. The predicted octanol–water partition coefficient (Wildman–Crippen LogP) is 4.04. The second-order valence-electron chi connectivity index (χ2n) is 6.66. The highest BCUT2D eigenvalue weighted by molar-refractivity contribution is 6.31. The second-order valence-corrected chi connectivity index (χ2v) is 7.09. The number of nitrogens with zero attached hydrogens (tertiary/aromatic N) is 3. The van der Waals surface area contributed by atoms with Crippen molar-refractivity contribution in [3.63, 3.8) is 0 Å². The van der Waals surface area contributed by atoms with E-state index >= 15 is 0 Å². The SMILES string of the molecule is COC(=O)Nc1nc2cc(Cl)cc3c2n1C[C@@H](C)N(CC=C(C)C)C3. The van der Waals surface area contributed by atoms with Crippen LogP contribution in [0.2, 0.25) is 5.02 Å². The largest absolute Gasteiger partial charge is 0.453 e. The summed E-state index contributed by atoms with van der Waals surface area (Å²) in [4.78, 5) is 18.6. The van der Waals surface area contributed by atoms with Gasteiger partial charge in [-0.15, -0.1) is 0 Å². The average molecular weight is 363 g/mol. The van der Waals surface area contributed by atoms with E-state index in [0.29, 0.717) is 11.0 Å². The van der Waals surface area contributed by atoms with Gasteiger partial charge in [0, 0.05) is 30.7 Å². The molecular formula is C18H23ClN4O2. The Morgan fingerprint density at radius 2 is 2.24 bits per heavy atom. The first-order chi connectivity index (χ1) is 11.9. The van der Waals surface area contributed by atoms with Gasteiger partial charge in [-0.05, 0) is 38.5 Å². The molecule has 1 N–H and O–H groups in total. The summed E-state index contributed by atoms with van der Waals surface area (Å²) in [5.41, 5.74) is 4.20. The molecule has 2 heterocycles. The van der Waals surface area contributed by atoms with E-state index in [1.54, 1.807) is 0 Å². The van der Waals surface area contributed by atoms with E-state index in [1.807, 2.05) is 16.7 Å². The minimum Gasteiger partial charge on any atom is -0.453 e. The van der Waals surface area contributed by atoms with Gasteiger partial charge in [0.25, 0.3) is 0 Å². The molecule has 1 aliphatic rings. The number of rotatable bonds is 3. The van der Waals surface area contributed by atoms with E-state index in [1.165, 1.54) is 12.7 Å². The molecule has 0 spiro atoms. The lowest BCUT2D eigenvalue weighted by Crippen LogP contribution is -2.34. The van der Waals surface area contributed by atoms with E-state index < -0.39 is 6.09 Å². The van der Waals surface area contributed by atoms with E-state index in [2.05, 4.69) is 42.0 Å². The molecule has 1 amide bonds. The number of ether oxygens (including phenoxy) is 1. The number of hydrogen-bond donors (Lipinski definition) is 1. The fourth-order valence-corrected chi connectivity index (χ4v) is 3.39. The lowest BCUT2D eigenvalue weighted by atomic mass is 10.1. The molecule has 3 rings (SSSR count). The molecule has 0 saturated carbocycles. The van der Waals surface area contributed by atoms with Crippen molar-refractivity contribution >= 4 is 34.7 Å². The summed E-state index contributed by atoms with van der Waals surface area (Å²) >= 11 is 6.29. The predicted molar refractivity (Wildman–Crippen MR) is 100 cm³/mol. The van der Waals surface area contributed by atoms with Crippen molar-refractivity contribution in [2.75, 3.05) is 19.0 Å². The molecule has 25 heavy (non-hydrogen) atoms. The fraction of sp³-hybridized carbons (Fsp3) is 0.444. The van der Waals surface area contributed by atoms with Crippen LogP contribution in [0, 0.1) is 0 Å². The molecule has 2 aromatic rings. The summed E-state index contributed by atoms with van der Waals surface area (Å²) in [7, 11) is 1.34. The molecule has 0 aliphatic carbocycles. The molecule has 0 bridgehead atoms. The number of halogens is 1. The summed E-state index contributed by atoms with van der Waals surface area (Å²) in [5, 5.41) is 3.36. The lowest BCUT2D eigenvalue weighted by molar-refractivity contribution is 0.186. The number of carbonyl (C=O) groups excluding carboxylic acids is 1. The van der Waals surface area contributed by atoms with Crippen molar-refractivity contribution in [3.05, 3.63) is 34.4 Å². The van der Waals surface area contributed by atoms with Gasteiger partial charge < -0.3 is 9.30 Å². The first-order valence-electron chi connectivity index (χ1n) is 8.30. The summed E-state index contributed by atoms with van der Waals surface area (Å²) in [6, 6.07) is 4.09. The summed E-state index contributed by atoms with van der Waals surface area (Å²) in [5.74, 6) is 0.487. The van der Waals surface area contributed by atoms with Gasteiger partial charge in [-0.2, -0.15) is 0 Å². The van der Waals surface area contributed by atoms with Crippen molar-refractivity contribution in [2.24, 2.45) is 0 Å². The van der Waals surface area contributed by atoms with Crippen LogP contribution < -0.4 is 5.32 Å². The van der Waals surface area contributed by atoms with Crippen molar-refractivity contribution in [1.82, 2.24) is 14.5 Å². The third kappa shape index (κ3) is 3.65. The summed E-state index contributed by atoms with van der Waals surface area (Å²) < 4.78 is 6.76. The zero-order valence-corrected chi connectivity index (χ0v) is 15.7. The molecule has 0 saturated heterocycles. The maximum atomic E-state index is 11.7. The smallest absolute Gasteiger partial charge is 0.413 e. The minimum absolute atomic E-state index is 0.275. The number of carbonyl (C=O) groups is 1. The number of imidazole rings is 1. The minimum atomic E-state index is -0.530. The first kappa shape index (κ1) is 17.8. The molecule has 1 aromatic carbocycles. The van der Waals surface area contributed by atoms with E-state index in [0.717, 1.165) is 36.2 Å². The topological polar surface area (TPSA) is 59.4 Å². The normalized spacial score (nSPS) is 17.2. The number of anilines is 1. The zero-order chi connectivity index (χ0) is 18.1. The third-order valence-electron chi connectivity index (χ3n) is 4.46. The number of benzene rings is 1. The van der Waals surface area contributed by atoms with Gasteiger partial charge in [0.15, 0.2) is 0 Å². The molecule has 7 heteroatoms. The highest BCUT2D eigenvalue weighted by Crippen LogP contribution is 2.31. The number of nitrogens with one attached hydrogen (secondary N) is 1. The van der Waals surface area contributed by atoms with Crippen LogP contribution in [0.15, 0.2) is 23.8 Å². The van der Waals surface area contributed by atoms with Gasteiger partial charge in [-0.1, -0.05) is 23.3 Å². The van der Waals surface area contributed by atoms with Crippen LogP contribution in [0.25, 0.3) is 11.0 Å². The number of hydrogen-bond acceptors (Lipinski definition) is 4. The van der Waals surface area contributed by atoms with Gasteiger partial charge in [0.05, 0.1) is 18.1 Å². The molecule has 0 radical (unpaired) electrons. The van der Waals surface area contributed by atoms with Gasteiger partial charge in [-0.3, -0.25) is 10.2 Å². The molecule has 1 atom stereocenters. The highest BCUT2D eigenvalue weighted by Gasteiger charge is 2.25. The number of allylic oxidation sites excluding steroid dienone is 1. The number of amides is 1. The van der Waals surface area contributed by atoms with Crippen LogP contribution in [0.3, 0.4) is 0 Å². The molecule has 6 nitrogen and oxygen atoms in total. The molecule has 1 aliphatic heterocycles. The van der Waals surface area contributed by atoms with Gasteiger partial charge in [0.1, 0.15) is 0 Å². The first-order valence-corrected chi connectivity index (χ1v) is 8.68. The maximum absolute atomic E-state index is 11.7. The van der Waals surface area contributed by atoms with E-state index in [4.69, 9.17) is 16.3 Å². The van der Waals surface area contributed by atoms with Gasteiger partial charge in [-0.25, -0.2) is 9.78 Å². The van der Waals surface area contributed by atoms with Crippen LogP contribution in [0.5, 0.6) is 0 Å². The second kappa shape index (κ2) is 7.06. The Labute approximate surface area is 152 Å². The maximum Gasteiger partial charge on any atom is 0.413 e. The lowest BCUT2D eigenvalue weighted by Gasteiger charge is -2.26. The Bertz CT molecular complexity index is 839. The standard InChI is InChI=1S/C18H23ClN4O2/c1-11(2)5-6-22-10-13-7-14(19)8-15-16(13)23(9-12(22)3)17(20-15)21-18(24)25-4/h5,7-8,12H,6,9-10H2,1-4H3,(H,20,21,24)/t12-/m1/s1. The van der Waals surface area contributed by atoms with Gasteiger partial charge >= 0.3 is 6.09 Å². The molecule has 0 unspecified atom stereocenters. The Morgan fingerprint density at radius 3 is 2.92 bits per heavy atom. The van der Waals surface area contributed by atoms with Gasteiger partial charge in [0.2, 0.25) is 5.95 Å².